The second-order valence-corrected chi connectivity index (χ2v) is 15.1. The van der Waals surface area contributed by atoms with Crippen LogP contribution in [0.1, 0.15) is 126 Å². The third-order valence-electron chi connectivity index (χ3n) is 10.9. The van der Waals surface area contributed by atoms with Gasteiger partial charge in [-0.15, -0.1) is 0 Å². The van der Waals surface area contributed by atoms with Crippen LogP contribution in [0.25, 0.3) is 0 Å². The maximum Gasteiger partial charge on any atom is 0.0860 e. The van der Waals surface area contributed by atoms with Crippen molar-refractivity contribution in [3.05, 3.63) is 22.3 Å². The number of allylic oxidation sites excluding steroid dienone is 4. The van der Waals surface area contributed by atoms with E-state index >= 15 is 0 Å². The molecule has 0 N–H and O–H groups in total. The lowest BCUT2D eigenvalue weighted by molar-refractivity contribution is -0.931. The Hall–Kier alpha value is -0.600. The molecule has 35 heavy (non-hydrogen) atoms. The highest BCUT2D eigenvalue weighted by Crippen LogP contribution is 2.43. The van der Waals surface area contributed by atoms with Gasteiger partial charge in [-0.05, 0) is 89.9 Å². The third kappa shape index (κ3) is 8.19. The largest absolute Gasteiger partial charge is 0.326 e. The number of quaternary nitrogens is 2. The summed E-state index contributed by atoms with van der Waals surface area (Å²) in [6.07, 6.45) is 14.7. The number of nitrogens with zero attached hydrogens (tertiary/aromatic N) is 2. The molecule has 0 aromatic rings. The van der Waals surface area contributed by atoms with E-state index in [1.54, 1.807) is 22.3 Å². The summed E-state index contributed by atoms with van der Waals surface area (Å²) in [6, 6.07) is 1.43. The Morgan fingerprint density at radius 1 is 0.657 bits per heavy atom. The fraction of sp³-hybridized carbons (Fsp3) is 0.879. The van der Waals surface area contributed by atoms with E-state index in [9.17, 15) is 0 Å². The molecule has 0 aromatic heterocycles. The average Bonchev–Trinajstić information content (AvgIpc) is 2.71. The minimum Gasteiger partial charge on any atom is -0.326 e. The van der Waals surface area contributed by atoms with Crippen LogP contribution in [0.4, 0.5) is 0 Å². The van der Waals surface area contributed by atoms with Gasteiger partial charge in [0.25, 0.3) is 0 Å². The highest BCUT2D eigenvalue weighted by Gasteiger charge is 2.33. The normalized spacial score (nSPS) is 23.0. The van der Waals surface area contributed by atoms with E-state index in [4.69, 9.17) is 0 Å². The third-order valence-corrected chi connectivity index (χ3v) is 10.9. The van der Waals surface area contributed by atoms with Gasteiger partial charge in [-0.25, -0.2) is 0 Å². The quantitative estimate of drug-likeness (QED) is 0.190. The molecule has 0 saturated heterocycles. The van der Waals surface area contributed by atoms with Crippen LogP contribution in [0.15, 0.2) is 22.3 Å². The predicted molar refractivity (Wildman–Crippen MR) is 157 cm³/mol. The molecule has 2 aliphatic rings. The van der Waals surface area contributed by atoms with Crippen molar-refractivity contribution >= 4 is 0 Å². The number of hydrogen-bond acceptors (Lipinski definition) is 0. The van der Waals surface area contributed by atoms with Gasteiger partial charge in [0.1, 0.15) is 0 Å². The van der Waals surface area contributed by atoms with Crippen molar-refractivity contribution in [2.24, 2.45) is 10.8 Å². The van der Waals surface area contributed by atoms with Crippen LogP contribution in [-0.4, -0.2) is 62.3 Å². The van der Waals surface area contributed by atoms with Gasteiger partial charge in [-0.1, -0.05) is 50.0 Å². The molecule has 2 heteroatoms. The molecule has 0 heterocycles. The minimum absolute atomic E-state index is 0.415. The summed E-state index contributed by atoms with van der Waals surface area (Å²) in [5.41, 5.74) is 7.75. The average molecular weight is 489 g/mol. The van der Waals surface area contributed by atoms with Crippen molar-refractivity contribution in [1.82, 2.24) is 0 Å². The van der Waals surface area contributed by atoms with Crippen LogP contribution in [0.5, 0.6) is 0 Å². The van der Waals surface area contributed by atoms with Gasteiger partial charge < -0.3 is 8.97 Å². The molecule has 0 radical (unpaired) electrons. The fourth-order valence-corrected chi connectivity index (χ4v) is 7.19. The predicted octanol–water partition coefficient (Wildman–Crippen LogP) is 8.92. The van der Waals surface area contributed by atoms with Crippen LogP contribution in [0.2, 0.25) is 0 Å². The number of hydrogen-bond donors (Lipinski definition) is 0. The van der Waals surface area contributed by atoms with Crippen LogP contribution in [-0.2, 0) is 0 Å². The first-order valence-electron chi connectivity index (χ1n) is 15.0. The van der Waals surface area contributed by atoms with Crippen molar-refractivity contribution in [2.75, 3.05) is 41.3 Å². The molecule has 204 valence electrons. The Kier molecular flexibility index (Phi) is 10.4. The molecule has 2 nitrogen and oxygen atoms in total. The summed E-state index contributed by atoms with van der Waals surface area (Å²) < 4.78 is 2.31. The summed E-state index contributed by atoms with van der Waals surface area (Å²) in [6.45, 7) is 22.3. The van der Waals surface area contributed by atoms with Gasteiger partial charge in [-0.3, -0.25) is 0 Å². The molecule has 2 aliphatic carbocycles. The Balaban J connectivity index is 1.85. The van der Waals surface area contributed by atoms with Crippen molar-refractivity contribution < 1.29 is 8.97 Å². The molecule has 2 rings (SSSR count). The topological polar surface area (TPSA) is 0 Å². The van der Waals surface area contributed by atoms with Gasteiger partial charge in [-0.2, -0.15) is 0 Å². The second-order valence-electron chi connectivity index (χ2n) is 15.1. The van der Waals surface area contributed by atoms with Gasteiger partial charge >= 0.3 is 0 Å². The maximum atomic E-state index is 2.50. The molecular formula is C33H64N2+2. The Bertz CT molecular complexity index is 698. The van der Waals surface area contributed by atoms with E-state index in [1.165, 1.54) is 83.7 Å². The molecule has 0 bridgehead atoms. The van der Waals surface area contributed by atoms with Gasteiger partial charge in [0.05, 0.1) is 53.4 Å². The van der Waals surface area contributed by atoms with Crippen molar-refractivity contribution in [3.8, 4) is 0 Å². The lowest BCUT2D eigenvalue weighted by Gasteiger charge is -2.41. The van der Waals surface area contributed by atoms with E-state index in [1.807, 2.05) is 0 Å². The molecule has 0 saturated carbocycles. The molecule has 0 aliphatic heterocycles. The lowest BCUT2D eigenvalue weighted by atomic mass is 9.71. The second kappa shape index (κ2) is 11.8. The monoisotopic (exact) mass is 489 g/mol. The Labute approximate surface area is 221 Å². The van der Waals surface area contributed by atoms with Crippen LogP contribution in [0.3, 0.4) is 0 Å². The summed E-state index contributed by atoms with van der Waals surface area (Å²) >= 11 is 0. The van der Waals surface area contributed by atoms with E-state index < -0.39 is 0 Å². The van der Waals surface area contributed by atoms with Gasteiger partial charge in [0.2, 0.25) is 0 Å². The van der Waals surface area contributed by atoms with Crippen LogP contribution >= 0.6 is 0 Å². The van der Waals surface area contributed by atoms with E-state index in [0.29, 0.717) is 22.9 Å². The summed E-state index contributed by atoms with van der Waals surface area (Å²) in [5.74, 6) is 0. The summed E-state index contributed by atoms with van der Waals surface area (Å²) in [4.78, 5) is 0. The highest BCUT2D eigenvalue weighted by molar-refractivity contribution is 5.23. The van der Waals surface area contributed by atoms with Crippen LogP contribution in [0, 0.1) is 10.8 Å². The summed E-state index contributed by atoms with van der Waals surface area (Å²) in [5, 5.41) is 0. The molecule has 0 spiro atoms. The van der Waals surface area contributed by atoms with Crippen LogP contribution < -0.4 is 0 Å². The fourth-order valence-electron chi connectivity index (χ4n) is 7.19. The zero-order valence-electron chi connectivity index (χ0n) is 26.2. The first-order valence-corrected chi connectivity index (χ1v) is 15.0. The minimum atomic E-state index is 0.415. The lowest BCUT2D eigenvalue weighted by Crippen LogP contribution is -2.52. The molecule has 0 fully saturated rings. The highest BCUT2D eigenvalue weighted by atomic mass is 15.4. The van der Waals surface area contributed by atoms with E-state index in [2.05, 4.69) is 83.6 Å². The van der Waals surface area contributed by atoms with E-state index in [0.717, 1.165) is 8.97 Å². The zero-order chi connectivity index (χ0) is 26.7. The smallest absolute Gasteiger partial charge is 0.0860 e. The Morgan fingerprint density at radius 2 is 1.00 bits per heavy atom. The first kappa shape index (κ1) is 30.6. The SMILES string of the molecule is CC1=C(CCC(C)[N+](C)(C)CCC[N+](C)(C)C(C)CCC2=C(C)CCCC2(C)C)C(C)(C)CCC1. The number of rotatable bonds is 12. The molecular weight excluding hydrogens is 424 g/mol. The van der Waals surface area contributed by atoms with E-state index in [-0.39, 0.29) is 0 Å². The van der Waals surface area contributed by atoms with Gasteiger partial charge in [0, 0.05) is 19.3 Å². The van der Waals surface area contributed by atoms with Crippen molar-refractivity contribution in [3.63, 3.8) is 0 Å². The van der Waals surface area contributed by atoms with Gasteiger partial charge in [0.15, 0.2) is 0 Å². The van der Waals surface area contributed by atoms with Crippen molar-refractivity contribution in [2.45, 2.75) is 138 Å². The molecule has 0 amide bonds. The Morgan fingerprint density at radius 3 is 1.31 bits per heavy atom. The van der Waals surface area contributed by atoms with Crippen molar-refractivity contribution in [1.29, 1.82) is 0 Å². The first-order chi connectivity index (χ1) is 16.0. The summed E-state index contributed by atoms with van der Waals surface area (Å²) in [7, 11) is 9.90. The maximum absolute atomic E-state index is 2.50. The molecule has 2 atom stereocenters. The molecule has 2 unspecified atom stereocenters. The molecule has 0 aromatic carbocycles. The standard InChI is InChI=1S/C33H64N2/c1-26-16-13-22-32(5,6)30(26)20-18-28(3)34(9,10)24-15-25-35(11,12)29(4)19-21-31-27(2)17-14-23-33(31,7)8/h28-29H,13-25H2,1-12H3/q+2. The zero-order valence-corrected chi connectivity index (χ0v) is 26.2.